The molecule has 0 aliphatic carbocycles. The van der Waals surface area contributed by atoms with Crippen LogP contribution in [0.3, 0.4) is 0 Å². The Hall–Kier alpha value is -1.95. The third-order valence-electron chi connectivity index (χ3n) is 2.96. The molecule has 2 aromatic rings. The highest BCUT2D eigenvalue weighted by Crippen LogP contribution is 2.25. The van der Waals surface area contributed by atoms with Crippen molar-refractivity contribution in [2.45, 2.75) is 39.5 Å². The fourth-order valence-corrected chi connectivity index (χ4v) is 1.96. The van der Waals surface area contributed by atoms with Crippen molar-refractivity contribution in [3.05, 3.63) is 41.7 Å². The Balaban J connectivity index is 2.17. The van der Waals surface area contributed by atoms with Crippen molar-refractivity contribution in [3.63, 3.8) is 0 Å². The van der Waals surface area contributed by atoms with Crippen LogP contribution in [0, 0.1) is 5.82 Å². The molecule has 1 heterocycles. The van der Waals surface area contributed by atoms with Gasteiger partial charge in [-0.25, -0.2) is 14.1 Å². The number of hydrogen-bond donors (Lipinski definition) is 1. The predicted octanol–water partition coefficient (Wildman–Crippen LogP) is 2.60. The lowest BCUT2D eigenvalue weighted by Crippen LogP contribution is -2.12. The minimum atomic E-state index is -0.324. The van der Waals surface area contributed by atoms with E-state index in [1.807, 2.05) is 13.8 Å². The molecule has 1 atom stereocenters. The smallest absolute Gasteiger partial charge is 0.165 e. The lowest BCUT2D eigenvalue weighted by Gasteiger charge is -2.15. The lowest BCUT2D eigenvalue weighted by molar-refractivity contribution is 0.278. The van der Waals surface area contributed by atoms with Crippen LogP contribution < -0.4 is 10.5 Å². The first kappa shape index (κ1) is 14.5. The Morgan fingerprint density at radius 3 is 2.75 bits per heavy atom. The molecule has 0 unspecified atom stereocenters. The van der Waals surface area contributed by atoms with Crippen molar-refractivity contribution in [3.8, 4) is 5.75 Å². The summed E-state index contributed by atoms with van der Waals surface area (Å²) in [4.78, 5) is 4.17. The van der Waals surface area contributed by atoms with Crippen molar-refractivity contribution in [2.75, 3.05) is 0 Å². The van der Waals surface area contributed by atoms with Crippen molar-refractivity contribution in [1.82, 2.24) is 14.8 Å². The Bertz CT molecular complexity index is 580. The number of rotatable bonds is 5. The van der Waals surface area contributed by atoms with E-state index in [0.717, 1.165) is 5.82 Å². The standard InChI is InChI=1S/C14H19FN4O/c1-9(2)19-14(17-8-18-19)7-20-13-5-4-11(15)6-12(13)10(3)16/h4-6,8-10H,7,16H2,1-3H3/t10-/m1/s1. The van der Waals surface area contributed by atoms with Gasteiger partial charge in [0.05, 0.1) is 0 Å². The van der Waals surface area contributed by atoms with Crippen LogP contribution in [0.5, 0.6) is 5.75 Å². The van der Waals surface area contributed by atoms with E-state index in [1.54, 1.807) is 17.7 Å². The van der Waals surface area contributed by atoms with Gasteiger partial charge in [-0.3, -0.25) is 0 Å². The van der Waals surface area contributed by atoms with Crippen LogP contribution in [0.15, 0.2) is 24.5 Å². The molecule has 0 amide bonds. The fourth-order valence-electron chi connectivity index (χ4n) is 1.96. The number of aromatic nitrogens is 3. The average molecular weight is 278 g/mol. The summed E-state index contributed by atoms with van der Waals surface area (Å²) in [5, 5.41) is 4.14. The number of hydrogen-bond acceptors (Lipinski definition) is 4. The summed E-state index contributed by atoms with van der Waals surface area (Å²) in [5.41, 5.74) is 6.47. The quantitative estimate of drug-likeness (QED) is 0.913. The maximum absolute atomic E-state index is 13.3. The number of nitrogens with two attached hydrogens (primary N) is 1. The van der Waals surface area contributed by atoms with Gasteiger partial charge in [0.25, 0.3) is 0 Å². The summed E-state index contributed by atoms with van der Waals surface area (Å²) in [6.45, 7) is 6.09. The van der Waals surface area contributed by atoms with E-state index in [2.05, 4.69) is 10.1 Å². The molecule has 0 radical (unpaired) electrons. The second-order valence-electron chi connectivity index (χ2n) is 4.97. The number of nitrogens with zero attached hydrogens (tertiary/aromatic N) is 3. The molecule has 0 bridgehead atoms. The molecule has 20 heavy (non-hydrogen) atoms. The highest BCUT2D eigenvalue weighted by molar-refractivity contribution is 5.36. The van der Waals surface area contributed by atoms with Crippen LogP contribution >= 0.6 is 0 Å². The monoisotopic (exact) mass is 278 g/mol. The topological polar surface area (TPSA) is 66.0 Å². The summed E-state index contributed by atoms with van der Waals surface area (Å²) in [5.74, 6) is 0.967. The largest absolute Gasteiger partial charge is 0.485 e. The van der Waals surface area contributed by atoms with Crippen LogP contribution in [-0.2, 0) is 6.61 Å². The zero-order chi connectivity index (χ0) is 14.7. The highest BCUT2D eigenvalue weighted by Gasteiger charge is 2.12. The number of ether oxygens (including phenoxy) is 1. The maximum atomic E-state index is 13.3. The molecule has 1 aromatic carbocycles. The first-order valence-electron chi connectivity index (χ1n) is 6.55. The van der Waals surface area contributed by atoms with E-state index in [1.165, 1.54) is 18.5 Å². The van der Waals surface area contributed by atoms with Gasteiger partial charge in [0.1, 0.15) is 24.5 Å². The molecular weight excluding hydrogens is 259 g/mol. The highest BCUT2D eigenvalue weighted by atomic mass is 19.1. The Kier molecular flexibility index (Phi) is 4.34. The minimum absolute atomic E-state index is 0.206. The number of benzene rings is 1. The Morgan fingerprint density at radius 2 is 2.10 bits per heavy atom. The van der Waals surface area contributed by atoms with E-state index in [4.69, 9.17) is 10.5 Å². The van der Waals surface area contributed by atoms with Gasteiger partial charge in [-0.2, -0.15) is 5.10 Å². The third-order valence-corrected chi connectivity index (χ3v) is 2.96. The fraction of sp³-hybridized carbons (Fsp3) is 0.429. The van der Waals surface area contributed by atoms with E-state index in [9.17, 15) is 4.39 Å². The van der Waals surface area contributed by atoms with Gasteiger partial charge in [-0.15, -0.1) is 0 Å². The summed E-state index contributed by atoms with van der Waals surface area (Å²) in [6.07, 6.45) is 1.50. The van der Waals surface area contributed by atoms with Crippen molar-refractivity contribution < 1.29 is 9.13 Å². The third kappa shape index (κ3) is 3.14. The molecular formula is C14H19FN4O. The van der Waals surface area contributed by atoms with Gasteiger partial charge in [0.2, 0.25) is 0 Å². The molecule has 0 saturated carbocycles. The van der Waals surface area contributed by atoms with E-state index >= 15 is 0 Å². The van der Waals surface area contributed by atoms with E-state index < -0.39 is 0 Å². The molecule has 0 aliphatic rings. The van der Waals surface area contributed by atoms with Crippen LogP contribution in [0.25, 0.3) is 0 Å². The molecule has 2 rings (SSSR count). The summed E-state index contributed by atoms with van der Waals surface area (Å²) >= 11 is 0. The molecule has 0 spiro atoms. The van der Waals surface area contributed by atoms with Crippen LogP contribution in [0.4, 0.5) is 4.39 Å². The van der Waals surface area contributed by atoms with Crippen molar-refractivity contribution in [2.24, 2.45) is 5.73 Å². The Morgan fingerprint density at radius 1 is 1.35 bits per heavy atom. The normalized spacial score (nSPS) is 12.7. The maximum Gasteiger partial charge on any atom is 0.165 e. The molecule has 5 nitrogen and oxygen atoms in total. The van der Waals surface area contributed by atoms with Crippen LogP contribution in [0.2, 0.25) is 0 Å². The summed E-state index contributed by atoms with van der Waals surface area (Å²) in [6, 6.07) is 4.24. The average Bonchev–Trinajstić information content (AvgIpc) is 2.85. The van der Waals surface area contributed by atoms with Gasteiger partial charge < -0.3 is 10.5 Å². The SMILES string of the molecule is CC(C)n1ncnc1COc1ccc(F)cc1[C@@H](C)N. The molecule has 0 saturated heterocycles. The summed E-state index contributed by atoms with van der Waals surface area (Å²) in [7, 11) is 0. The zero-order valence-electron chi connectivity index (χ0n) is 11.9. The molecule has 2 N–H and O–H groups in total. The first-order valence-corrected chi connectivity index (χ1v) is 6.55. The van der Waals surface area contributed by atoms with E-state index in [0.29, 0.717) is 11.3 Å². The lowest BCUT2D eigenvalue weighted by atomic mass is 10.1. The minimum Gasteiger partial charge on any atom is -0.485 e. The van der Waals surface area contributed by atoms with Gasteiger partial charge >= 0.3 is 0 Å². The van der Waals surface area contributed by atoms with Gasteiger partial charge in [-0.05, 0) is 39.0 Å². The second-order valence-corrected chi connectivity index (χ2v) is 4.97. The van der Waals surface area contributed by atoms with Crippen LogP contribution in [-0.4, -0.2) is 14.8 Å². The predicted molar refractivity (Wildman–Crippen MR) is 73.7 cm³/mol. The van der Waals surface area contributed by atoms with E-state index in [-0.39, 0.29) is 24.5 Å². The molecule has 108 valence electrons. The molecule has 6 heteroatoms. The van der Waals surface area contributed by atoms with Crippen molar-refractivity contribution in [1.29, 1.82) is 0 Å². The molecule has 1 aromatic heterocycles. The van der Waals surface area contributed by atoms with Gasteiger partial charge in [0.15, 0.2) is 5.82 Å². The van der Waals surface area contributed by atoms with Gasteiger partial charge in [-0.1, -0.05) is 0 Å². The zero-order valence-corrected chi connectivity index (χ0v) is 11.9. The molecule has 0 fully saturated rings. The Labute approximate surface area is 117 Å². The number of halogens is 1. The molecule has 0 aliphatic heterocycles. The van der Waals surface area contributed by atoms with Gasteiger partial charge in [0, 0.05) is 17.6 Å². The first-order chi connectivity index (χ1) is 9.49. The van der Waals surface area contributed by atoms with Crippen molar-refractivity contribution >= 4 is 0 Å². The van der Waals surface area contributed by atoms with Crippen LogP contribution in [0.1, 0.15) is 44.2 Å². The second kappa shape index (κ2) is 6.00. The summed E-state index contributed by atoms with van der Waals surface area (Å²) < 4.78 is 20.8.